The third-order valence-electron chi connectivity index (χ3n) is 6.18. The smallest absolute Gasteiger partial charge is 0.309 e. The van der Waals surface area contributed by atoms with Crippen molar-refractivity contribution in [3.05, 3.63) is 54.5 Å². The predicted molar refractivity (Wildman–Crippen MR) is 122 cm³/mol. The van der Waals surface area contributed by atoms with Gasteiger partial charge in [-0.3, -0.25) is 9.59 Å². The fraction of sp³-hybridized carbons (Fsp3) is 0.435. The summed E-state index contributed by atoms with van der Waals surface area (Å²) in [4.78, 5) is 33.1. The standard InChI is InChI=1S/C23H27FN4O5S/c24-19-4-6-20(7-5-19)34(31,32)28-11-8-18(9-12-28)23(30)33-17-22(29)27-15-13-26(14-16-27)21-3-1-2-10-25-21/h1-7,10,18H,8-9,11-17H2. The van der Waals surface area contributed by atoms with Crippen molar-refractivity contribution in [2.75, 3.05) is 50.8 Å². The first-order valence-electron chi connectivity index (χ1n) is 11.2. The number of carbonyl (C=O) groups excluding carboxylic acids is 2. The second kappa shape index (κ2) is 10.5. The van der Waals surface area contributed by atoms with Gasteiger partial charge in [-0.05, 0) is 49.2 Å². The van der Waals surface area contributed by atoms with Gasteiger partial charge in [-0.25, -0.2) is 17.8 Å². The number of ether oxygens (including phenoxy) is 1. The van der Waals surface area contributed by atoms with Crippen molar-refractivity contribution >= 4 is 27.7 Å². The SMILES string of the molecule is O=C(OCC(=O)N1CCN(c2ccccn2)CC1)C1CCN(S(=O)(=O)c2ccc(F)cc2)CC1. The van der Waals surface area contributed by atoms with Gasteiger partial charge in [0.15, 0.2) is 6.61 Å². The van der Waals surface area contributed by atoms with Crippen LogP contribution in [0.2, 0.25) is 0 Å². The van der Waals surface area contributed by atoms with Crippen LogP contribution in [0.5, 0.6) is 0 Å². The molecule has 2 aliphatic rings. The molecule has 9 nitrogen and oxygen atoms in total. The Bertz CT molecular complexity index is 1100. The Morgan fingerprint density at radius 3 is 2.26 bits per heavy atom. The molecule has 34 heavy (non-hydrogen) atoms. The van der Waals surface area contributed by atoms with E-state index in [4.69, 9.17) is 4.74 Å². The Kier molecular flexibility index (Phi) is 7.42. The molecule has 3 heterocycles. The van der Waals surface area contributed by atoms with E-state index >= 15 is 0 Å². The van der Waals surface area contributed by atoms with Gasteiger partial charge >= 0.3 is 5.97 Å². The Morgan fingerprint density at radius 1 is 0.971 bits per heavy atom. The molecule has 2 aliphatic heterocycles. The number of piperazine rings is 1. The predicted octanol–water partition coefficient (Wildman–Crippen LogP) is 1.51. The van der Waals surface area contributed by atoms with Crippen LogP contribution in [-0.4, -0.2) is 80.4 Å². The van der Waals surface area contributed by atoms with Gasteiger partial charge in [0.2, 0.25) is 10.0 Å². The lowest BCUT2D eigenvalue weighted by atomic mass is 9.98. The maximum atomic E-state index is 13.1. The van der Waals surface area contributed by atoms with E-state index in [1.807, 2.05) is 18.2 Å². The number of pyridine rings is 1. The molecule has 182 valence electrons. The second-order valence-electron chi connectivity index (χ2n) is 8.30. The number of hydrogen-bond donors (Lipinski definition) is 0. The van der Waals surface area contributed by atoms with Crippen LogP contribution in [0.25, 0.3) is 0 Å². The van der Waals surface area contributed by atoms with Crippen molar-refractivity contribution in [1.29, 1.82) is 0 Å². The second-order valence-corrected chi connectivity index (χ2v) is 10.2. The normalized spacial score (nSPS) is 18.0. The quantitative estimate of drug-likeness (QED) is 0.566. The third kappa shape index (κ3) is 5.53. The number of piperidine rings is 1. The van der Waals surface area contributed by atoms with Crippen molar-refractivity contribution in [1.82, 2.24) is 14.2 Å². The van der Waals surface area contributed by atoms with Crippen LogP contribution in [0.3, 0.4) is 0 Å². The number of aromatic nitrogens is 1. The van der Waals surface area contributed by atoms with Crippen molar-refractivity contribution in [2.24, 2.45) is 5.92 Å². The molecule has 0 bridgehead atoms. The zero-order valence-corrected chi connectivity index (χ0v) is 19.5. The number of rotatable bonds is 6. The molecule has 0 radical (unpaired) electrons. The summed E-state index contributed by atoms with van der Waals surface area (Å²) in [5, 5.41) is 0. The molecule has 0 spiro atoms. The molecule has 1 amide bonds. The van der Waals surface area contributed by atoms with E-state index in [0.717, 1.165) is 18.0 Å². The average molecular weight is 491 g/mol. The van der Waals surface area contributed by atoms with Gasteiger partial charge in [-0.1, -0.05) is 6.07 Å². The van der Waals surface area contributed by atoms with E-state index in [2.05, 4.69) is 9.88 Å². The molecule has 2 fully saturated rings. The van der Waals surface area contributed by atoms with Gasteiger partial charge in [0.05, 0.1) is 10.8 Å². The number of nitrogens with zero attached hydrogens (tertiary/aromatic N) is 4. The van der Waals surface area contributed by atoms with Gasteiger partial charge in [0.1, 0.15) is 11.6 Å². The summed E-state index contributed by atoms with van der Waals surface area (Å²) in [6, 6.07) is 10.4. The fourth-order valence-electron chi connectivity index (χ4n) is 4.16. The van der Waals surface area contributed by atoms with E-state index in [9.17, 15) is 22.4 Å². The number of esters is 1. The lowest BCUT2D eigenvalue weighted by Gasteiger charge is -2.35. The van der Waals surface area contributed by atoms with Crippen LogP contribution in [0.4, 0.5) is 10.2 Å². The Hall–Kier alpha value is -3.05. The zero-order chi connectivity index (χ0) is 24.1. The first-order valence-corrected chi connectivity index (χ1v) is 12.6. The minimum absolute atomic E-state index is 0.0173. The van der Waals surface area contributed by atoms with Crippen molar-refractivity contribution in [3.63, 3.8) is 0 Å². The number of amides is 1. The highest BCUT2D eigenvalue weighted by atomic mass is 32.2. The van der Waals surface area contributed by atoms with E-state index in [-0.39, 0.29) is 30.5 Å². The average Bonchev–Trinajstić information content (AvgIpc) is 2.88. The van der Waals surface area contributed by atoms with Crippen molar-refractivity contribution < 1.29 is 27.1 Å². The molecule has 0 atom stereocenters. The number of sulfonamides is 1. The number of benzene rings is 1. The molecular formula is C23H27FN4O5S. The van der Waals surface area contributed by atoms with Crippen molar-refractivity contribution in [3.8, 4) is 0 Å². The van der Waals surface area contributed by atoms with E-state index in [1.165, 1.54) is 16.4 Å². The largest absolute Gasteiger partial charge is 0.455 e. The van der Waals surface area contributed by atoms with Gasteiger partial charge < -0.3 is 14.5 Å². The lowest BCUT2D eigenvalue weighted by molar-refractivity contribution is -0.156. The van der Waals surface area contributed by atoms with Crippen LogP contribution < -0.4 is 4.90 Å². The third-order valence-corrected chi connectivity index (χ3v) is 8.10. The maximum Gasteiger partial charge on any atom is 0.309 e. The van der Waals surface area contributed by atoms with Crippen LogP contribution in [0.15, 0.2) is 53.6 Å². The molecular weight excluding hydrogens is 463 g/mol. The molecule has 11 heteroatoms. The number of anilines is 1. The highest BCUT2D eigenvalue weighted by Gasteiger charge is 2.33. The molecule has 0 unspecified atom stereocenters. The van der Waals surface area contributed by atoms with E-state index in [0.29, 0.717) is 39.0 Å². The summed E-state index contributed by atoms with van der Waals surface area (Å²) in [5.41, 5.74) is 0. The van der Waals surface area contributed by atoms with Gasteiger partial charge in [0.25, 0.3) is 5.91 Å². The first-order chi connectivity index (χ1) is 16.3. The molecule has 0 N–H and O–H groups in total. The molecule has 4 rings (SSSR count). The Morgan fingerprint density at radius 2 is 1.65 bits per heavy atom. The van der Waals surface area contributed by atoms with Crippen molar-refractivity contribution in [2.45, 2.75) is 17.7 Å². The Balaban J connectivity index is 1.21. The minimum Gasteiger partial charge on any atom is -0.455 e. The number of carbonyl (C=O) groups is 2. The summed E-state index contributed by atoms with van der Waals surface area (Å²) in [7, 11) is -3.75. The summed E-state index contributed by atoms with van der Waals surface area (Å²) in [6.07, 6.45) is 2.33. The molecule has 2 aromatic rings. The summed E-state index contributed by atoms with van der Waals surface area (Å²) in [5.74, 6) is -0.836. The highest BCUT2D eigenvalue weighted by Crippen LogP contribution is 2.25. The summed E-state index contributed by atoms with van der Waals surface area (Å²) < 4.78 is 45.1. The molecule has 1 aromatic carbocycles. The molecule has 1 aromatic heterocycles. The van der Waals surface area contributed by atoms with Crippen LogP contribution in [-0.2, 0) is 24.3 Å². The van der Waals surface area contributed by atoms with E-state index in [1.54, 1.807) is 11.1 Å². The summed E-state index contributed by atoms with van der Waals surface area (Å²) >= 11 is 0. The molecule has 0 saturated carbocycles. The van der Waals surface area contributed by atoms with Crippen LogP contribution >= 0.6 is 0 Å². The van der Waals surface area contributed by atoms with Crippen LogP contribution in [0, 0.1) is 11.7 Å². The number of hydrogen-bond acceptors (Lipinski definition) is 7. The minimum atomic E-state index is -3.75. The number of halogens is 1. The van der Waals surface area contributed by atoms with Gasteiger partial charge in [0, 0.05) is 45.5 Å². The monoisotopic (exact) mass is 490 g/mol. The Labute approximate surface area is 198 Å². The van der Waals surface area contributed by atoms with Gasteiger partial charge in [-0.15, -0.1) is 0 Å². The first kappa shape index (κ1) is 24.1. The van der Waals surface area contributed by atoms with E-state index < -0.39 is 27.7 Å². The maximum absolute atomic E-state index is 13.1. The van der Waals surface area contributed by atoms with Gasteiger partial charge in [-0.2, -0.15) is 4.31 Å². The highest BCUT2D eigenvalue weighted by molar-refractivity contribution is 7.89. The van der Waals surface area contributed by atoms with Crippen LogP contribution in [0.1, 0.15) is 12.8 Å². The topological polar surface area (TPSA) is 100 Å². The summed E-state index contributed by atoms with van der Waals surface area (Å²) in [6.45, 7) is 2.33. The molecule has 2 saturated heterocycles. The lowest BCUT2D eigenvalue weighted by Crippen LogP contribution is -2.50. The molecule has 0 aliphatic carbocycles. The zero-order valence-electron chi connectivity index (χ0n) is 18.7. The fourth-order valence-corrected chi connectivity index (χ4v) is 5.62.